The highest BCUT2D eigenvalue weighted by Crippen LogP contribution is 2.51. The number of piperidine rings is 1. The van der Waals surface area contributed by atoms with Gasteiger partial charge in [-0.3, -0.25) is 14.7 Å². The van der Waals surface area contributed by atoms with Crippen LogP contribution in [0.15, 0.2) is 60.8 Å². The number of nitrogens with two attached hydrogens (primary N) is 1. The van der Waals surface area contributed by atoms with Crippen LogP contribution in [-0.4, -0.2) is 34.0 Å². The van der Waals surface area contributed by atoms with Crippen LogP contribution in [0.25, 0.3) is 10.9 Å². The number of nitrogens with zero attached hydrogens (tertiary/aromatic N) is 2. The largest absolute Gasteiger partial charge is 0.384 e. The van der Waals surface area contributed by atoms with E-state index in [0.29, 0.717) is 5.56 Å². The fraction of sp³-hybridized carbons (Fsp3) is 0.333. The Labute approximate surface area is 170 Å². The molecule has 0 radical (unpaired) electrons. The maximum atomic E-state index is 11.7. The summed E-state index contributed by atoms with van der Waals surface area (Å²) < 4.78 is 0. The number of aliphatic hydroxyl groups is 1. The summed E-state index contributed by atoms with van der Waals surface area (Å²) in [5, 5.41) is 12.9. The van der Waals surface area contributed by atoms with E-state index in [9.17, 15) is 9.90 Å². The molecule has 5 heteroatoms. The lowest BCUT2D eigenvalue weighted by Gasteiger charge is -2.45. The van der Waals surface area contributed by atoms with Crippen LogP contribution >= 0.6 is 0 Å². The molecule has 1 saturated heterocycles. The number of para-hydroxylation sites is 1. The number of aromatic nitrogens is 1. The Morgan fingerprint density at radius 1 is 1.10 bits per heavy atom. The molecule has 0 spiro atoms. The van der Waals surface area contributed by atoms with E-state index in [2.05, 4.69) is 28.1 Å². The van der Waals surface area contributed by atoms with Crippen LogP contribution in [0.4, 0.5) is 0 Å². The Bertz CT molecular complexity index is 1060. The van der Waals surface area contributed by atoms with Crippen LogP contribution in [0.2, 0.25) is 0 Å². The third-order valence-electron chi connectivity index (χ3n) is 6.81. The molecule has 2 aromatic carbocycles. The van der Waals surface area contributed by atoms with Crippen LogP contribution in [-0.2, 0) is 12.1 Å². The van der Waals surface area contributed by atoms with Crippen LogP contribution in [0, 0.1) is 11.8 Å². The molecule has 5 rings (SSSR count). The van der Waals surface area contributed by atoms with E-state index in [4.69, 9.17) is 5.73 Å². The second-order valence-electron chi connectivity index (χ2n) is 8.42. The van der Waals surface area contributed by atoms with E-state index in [1.165, 1.54) is 10.9 Å². The molecular weight excluding hydrogens is 362 g/mol. The van der Waals surface area contributed by atoms with Gasteiger partial charge in [-0.15, -0.1) is 0 Å². The van der Waals surface area contributed by atoms with Gasteiger partial charge in [-0.2, -0.15) is 0 Å². The lowest BCUT2D eigenvalue weighted by atomic mass is 9.74. The number of benzene rings is 2. The van der Waals surface area contributed by atoms with Crippen molar-refractivity contribution in [3.63, 3.8) is 0 Å². The van der Waals surface area contributed by atoms with Crippen LogP contribution < -0.4 is 5.73 Å². The monoisotopic (exact) mass is 387 g/mol. The molecule has 1 aliphatic heterocycles. The highest BCUT2D eigenvalue weighted by Gasteiger charge is 2.53. The number of hydrogen-bond donors (Lipinski definition) is 2. The molecule has 2 heterocycles. The average Bonchev–Trinajstić information content (AvgIpc) is 2.91. The summed E-state index contributed by atoms with van der Waals surface area (Å²) in [5.41, 5.74) is 8.15. The first-order valence-corrected chi connectivity index (χ1v) is 10.2. The van der Waals surface area contributed by atoms with E-state index < -0.39 is 11.5 Å². The van der Waals surface area contributed by atoms with Gasteiger partial charge >= 0.3 is 0 Å². The number of fused-ring (bicyclic) bond motifs is 3. The fourth-order valence-electron chi connectivity index (χ4n) is 5.39. The normalized spacial score (nSPS) is 26.7. The number of carbonyl (C=O) groups excluding carboxylic acids is 1. The van der Waals surface area contributed by atoms with Crippen molar-refractivity contribution in [1.29, 1.82) is 0 Å². The van der Waals surface area contributed by atoms with Gasteiger partial charge in [0.1, 0.15) is 0 Å². The fourth-order valence-corrected chi connectivity index (χ4v) is 5.39. The van der Waals surface area contributed by atoms with Gasteiger partial charge in [0.2, 0.25) is 5.91 Å². The average molecular weight is 387 g/mol. The lowest BCUT2D eigenvalue weighted by molar-refractivity contribution is -0.0914. The highest BCUT2D eigenvalue weighted by atomic mass is 16.3. The summed E-state index contributed by atoms with van der Waals surface area (Å²) in [4.78, 5) is 18.5. The molecular formula is C24H25N3O2. The Morgan fingerprint density at radius 2 is 1.86 bits per heavy atom. The molecule has 2 atom stereocenters. The van der Waals surface area contributed by atoms with Crippen molar-refractivity contribution >= 4 is 16.8 Å². The van der Waals surface area contributed by atoms with Gasteiger partial charge in [0.25, 0.3) is 0 Å². The second-order valence-corrected chi connectivity index (χ2v) is 8.42. The molecule has 29 heavy (non-hydrogen) atoms. The summed E-state index contributed by atoms with van der Waals surface area (Å²) >= 11 is 0. The summed E-state index contributed by atoms with van der Waals surface area (Å²) in [6, 6.07) is 17.6. The molecule has 2 unspecified atom stereocenters. The maximum Gasteiger partial charge on any atom is 0.248 e. The van der Waals surface area contributed by atoms with Crippen molar-refractivity contribution in [2.24, 2.45) is 17.6 Å². The smallest absolute Gasteiger partial charge is 0.248 e. The van der Waals surface area contributed by atoms with E-state index in [1.807, 2.05) is 30.5 Å². The van der Waals surface area contributed by atoms with Crippen molar-refractivity contribution < 1.29 is 9.90 Å². The summed E-state index contributed by atoms with van der Waals surface area (Å²) in [6.07, 6.45) is 3.87. The van der Waals surface area contributed by atoms with Gasteiger partial charge in [0.15, 0.2) is 0 Å². The number of rotatable bonds is 4. The van der Waals surface area contributed by atoms with Crippen molar-refractivity contribution in [2.75, 3.05) is 13.1 Å². The van der Waals surface area contributed by atoms with Crippen LogP contribution in [0.1, 0.15) is 34.3 Å². The molecule has 1 saturated carbocycles. The Morgan fingerprint density at radius 3 is 2.62 bits per heavy atom. The minimum atomic E-state index is -0.887. The third kappa shape index (κ3) is 3.02. The lowest BCUT2D eigenvalue weighted by Crippen LogP contribution is -2.51. The second kappa shape index (κ2) is 6.94. The van der Waals surface area contributed by atoms with Gasteiger partial charge in [-0.05, 0) is 48.2 Å². The van der Waals surface area contributed by atoms with Gasteiger partial charge in [0.05, 0.1) is 11.1 Å². The standard InChI is InChI=1S/C24H25N3O2/c25-23(28)16-4-3-5-18(12-16)24(29)19-8-9-20(24)15-27(14-19)13-17-10-11-26-22-7-2-1-6-21(17)22/h1-7,10-12,19-20,29H,8-9,13-15H2,(H2,25,28). The molecule has 2 fully saturated rings. The van der Waals surface area contributed by atoms with Gasteiger partial charge in [0, 0.05) is 48.6 Å². The highest BCUT2D eigenvalue weighted by molar-refractivity contribution is 5.93. The predicted molar refractivity (Wildman–Crippen MR) is 112 cm³/mol. The Hall–Kier alpha value is -2.76. The number of amides is 1. The molecule has 2 bridgehead atoms. The minimum Gasteiger partial charge on any atom is -0.384 e. The van der Waals surface area contributed by atoms with E-state index in [1.54, 1.807) is 12.1 Å². The quantitative estimate of drug-likeness (QED) is 0.721. The molecule has 148 valence electrons. The first kappa shape index (κ1) is 18.3. The first-order valence-electron chi connectivity index (χ1n) is 10.2. The number of primary amides is 1. The Balaban J connectivity index is 1.41. The summed E-state index contributed by atoms with van der Waals surface area (Å²) in [6.45, 7) is 2.53. The molecule has 1 aliphatic carbocycles. The molecule has 5 nitrogen and oxygen atoms in total. The summed E-state index contributed by atoms with van der Waals surface area (Å²) in [7, 11) is 0. The van der Waals surface area contributed by atoms with Gasteiger partial charge < -0.3 is 10.8 Å². The number of hydrogen-bond acceptors (Lipinski definition) is 4. The zero-order valence-corrected chi connectivity index (χ0v) is 16.3. The molecule has 3 aromatic rings. The zero-order chi connectivity index (χ0) is 20.0. The zero-order valence-electron chi connectivity index (χ0n) is 16.3. The molecule has 3 N–H and O–H groups in total. The van der Waals surface area contributed by atoms with E-state index in [0.717, 1.165) is 43.6 Å². The number of pyridine rings is 1. The van der Waals surface area contributed by atoms with Gasteiger partial charge in [-0.1, -0.05) is 30.3 Å². The van der Waals surface area contributed by atoms with Crippen molar-refractivity contribution in [1.82, 2.24) is 9.88 Å². The minimum absolute atomic E-state index is 0.150. The predicted octanol–water partition coefficient (Wildman–Crippen LogP) is 3.06. The molecule has 1 amide bonds. The van der Waals surface area contributed by atoms with E-state index >= 15 is 0 Å². The van der Waals surface area contributed by atoms with Crippen molar-refractivity contribution in [3.05, 3.63) is 77.5 Å². The van der Waals surface area contributed by atoms with Crippen LogP contribution in [0.5, 0.6) is 0 Å². The maximum absolute atomic E-state index is 11.7. The first-order chi connectivity index (χ1) is 14.1. The third-order valence-corrected chi connectivity index (χ3v) is 6.81. The molecule has 1 aromatic heterocycles. The van der Waals surface area contributed by atoms with Gasteiger partial charge in [-0.25, -0.2) is 0 Å². The number of likely N-dealkylation sites (tertiary alicyclic amines) is 1. The summed E-state index contributed by atoms with van der Waals surface area (Å²) in [5.74, 6) is -0.153. The Kier molecular flexibility index (Phi) is 4.37. The SMILES string of the molecule is NC(=O)c1cccc(C2(O)C3CCC2CN(Cc2ccnc4ccccc24)C3)c1. The van der Waals surface area contributed by atoms with E-state index in [-0.39, 0.29) is 11.8 Å². The topological polar surface area (TPSA) is 79.5 Å². The van der Waals surface area contributed by atoms with Crippen molar-refractivity contribution in [3.8, 4) is 0 Å². The molecule has 2 aliphatic rings. The number of carbonyl (C=O) groups is 1. The van der Waals surface area contributed by atoms with Crippen molar-refractivity contribution in [2.45, 2.75) is 25.0 Å². The van der Waals surface area contributed by atoms with Crippen LogP contribution in [0.3, 0.4) is 0 Å².